The average molecular weight is 425 g/mol. The minimum atomic E-state index is -0.786. The highest BCUT2D eigenvalue weighted by atomic mass is 16.5. The van der Waals surface area contributed by atoms with Gasteiger partial charge in [-0.05, 0) is 43.5 Å². The summed E-state index contributed by atoms with van der Waals surface area (Å²) in [7, 11) is 0. The largest absolute Gasteiger partial charge is 0.492 e. The Morgan fingerprint density at radius 3 is 2.55 bits per heavy atom. The highest BCUT2D eigenvalue weighted by Crippen LogP contribution is 2.25. The molecule has 1 aromatic heterocycles. The number of carbonyl (C=O) groups excluding carboxylic acids is 1. The average Bonchev–Trinajstić information content (AvgIpc) is 2.78. The van der Waals surface area contributed by atoms with Gasteiger partial charge in [0.05, 0.1) is 17.9 Å². The van der Waals surface area contributed by atoms with Crippen LogP contribution in [0.3, 0.4) is 0 Å². The van der Waals surface area contributed by atoms with Gasteiger partial charge >= 0.3 is 5.97 Å². The predicted molar refractivity (Wildman–Crippen MR) is 116 cm³/mol. The van der Waals surface area contributed by atoms with E-state index in [1.165, 1.54) is 6.92 Å². The molecular formula is C22H27N5O4. The Hall–Kier alpha value is -3.67. The lowest BCUT2D eigenvalue weighted by Gasteiger charge is -2.14. The van der Waals surface area contributed by atoms with Crippen molar-refractivity contribution in [3.8, 4) is 11.9 Å². The molecule has 0 radical (unpaired) electrons. The Balaban J connectivity index is 2.12. The fourth-order valence-corrected chi connectivity index (χ4v) is 2.98. The van der Waals surface area contributed by atoms with Gasteiger partial charge in [0.1, 0.15) is 11.6 Å². The number of azo groups is 1. The van der Waals surface area contributed by atoms with E-state index in [2.05, 4.69) is 24.1 Å². The maximum Gasteiger partial charge on any atom is 0.338 e. The molecule has 0 aliphatic carbocycles. The van der Waals surface area contributed by atoms with Crippen LogP contribution < -0.4 is 11.4 Å². The Kier molecular flexibility index (Phi) is 8.32. The second-order valence-corrected chi connectivity index (χ2v) is 7.22. The topological polar surface area (TPSA) is 143 Å². The van der Waals surface area contributed by atoms with E-state index in [0.717, 1.165) is 25.7 Å². The van der Waals surface area contributed by atoms with Crippen molar-refractivity contribution in [2.24, 2.45) is 16.1 Å². The molecule has 0 aliphatic rings. The smallest absolute Gasteiger partial charge is 0.338 e. The number of unbranched alkanes of at least 4 members (excludes halogenated alkanes) is 1. The van der Waals surface area contributed by atoms with Crippen LogP contribution in [0.15, 0.2) is 39.3 Å². The quantitative estimate of drug-likeness (QED) is 0.349. The van der Waals surface area contributed by atoms with E-state index in [0.29, 0.717) is 28.5 Å². The fourth-order valence-electron chi connectivity index (χ4n) is 2.98. The normalized spacial score (nSPS) is 11.9. The van der Waals surface area contributed by atoms with Gasteiger partial charge in [-0.1, -0.05) is 33.1 Å². The Bertz CT molecular complexity index is 1050. The zero-order chi connectivity index (χ0) is 23.0. The van der Waals surface area contributed by atoms with Gasteiger partial charge < -0.3 is 15.7 Å². The van der Waals surface area contributed by atoms with Crippen molar-refractivity contribution in [3.63, 3.8) is 0 Å². The number of nitrogens with zero attached hydrogens (tertiary/aromatic N) is 4. The summed E-state index contributed by atoms with van der Waals surface area (Å²) < 4.78 is 5.87. The van der Waals surface area contributed by atoms with E-state index in [4.69, 9.17) is 15.8 Å². The summed E-state index contributed by atoms with van der Waals surface area (Å²) in [6.45, 7) is 6.08. The van der Waals surface area contributed by atoms with Crippen LogP contribution in [-0.2, 0) is 4.74 Å². The molecule has 1 unspecified atom stereocenters. The summed E-state index contributed by atoms with van der Waals surface area (Å²) in [5.74, 6) is 4.81. The van der Waals surface area contributed by atoms with E-state index in [1.807, 2.05) is 0 Å². The number of hydrogen-bond acceptors (Lipinski definition) is 8. The molecule has 3 N–H and O–H groups in total. The molecule has 2 rings (SSSR count). The molecule has 1 aromatic carbocycles. The number of nitrogens with two attached hydrogens (primary N) is 1. The monoisotopic (exact) mass is 425 g/mol. The van der Waals surface area contributed by atoms with Crippen molar-refractivity contribution in [2.75, 3.05) is 12.4 Å². The summed E-state index contributed by atoms with van der Waals surface area (Å²) in [6.07, 6.45) is 4.22. The molecular weight excluding hydrogens is 398 g/mol. The van der Waals surface area contributed by atoms with Crippen molar-refractivity contribution in [3.05, 3.63) is 51.3 Å². The second kappa shape index (κ2) is 10.9. The van der Waals surface area contributed by atoms with Crippen LogP contribution in [0.25, 0.3) is 0 Å². The van der Waals surface area contributed by atoms with Crippen LogP contribution in [-0.4, -0.2) is 22.4 Å². The minimum Gasteiger partial charge on any atom is -0.492 e. The Morgan fingerprint density at radius 2 is 1.97 bits per heavy atom. The first-order valence-corrected chi connectivity index (χ1v) is 10.2. The summed E-state index contributed by atoms with van der Waals surface area (Å²) in [5, 5.41) is 26.8. The minimum absolute atomic E-state index is 0.154. The molecule has 0 bridgehead atoms. The van der Waals surface area contributed by atoms with Crippen molar-refractivity contribution in [2.45, 2.75) is 46.5 Å². The van der Waals surface area contributed by atoms with E-state index in [1.54, 1.807) is 30.3 Å². The van der Waals surface area contributed by atoms with Gasteiger partial charge in [-0.15, -0.1) is 5.11 Å². The van der Waals surface area contributed by atoms with Crippen LogP contribution in [0.5, 0.6) is 5.88 Å². The first kappa shape index (κ1) is 23.6. The number of nitriles is 1. The number of carbonyl (C=O) groups is 1. The lowest BCUT2D eigenvalue weighted by atomic mass is 10.0. The number of aromatic nitrogens is 1. The molecule has 9 nitrogen and oxygen atoms in total. The summed E-state index contributed by atoms with van der Waals surface area (Å²) in [5.41, 5.74) is -0.145. The number of ether oxygens (including phenoxy) is 1. The van der Waals surface area contributed by atoms with Crippen molar-refractivity contribution >= 4 is 17.3 Å². The lowest BCUT2D eigenvalue weighted by molar-refractivity contribution is 0.0428. The molecule has 9 heteroatoms. The predicted octanol–water partition coefficient (Wildman–Crippen LogP) is 4.24. The van der Waals surface area contributed by atoms with Gasteiger partial charge in [0.15, 0.2) is 5.69 Å². The molecule has 1 atom stereocenters. The van der Waals surface area contributed by atoms with E-state index in [9.17, 15) is 14.7 Å². The Morgan fingerprint density at radius 1 is 1.29 bits per heavy atom. The molecule has 164 valence electrons. The second-order valence-electron chi connectivity index (χ2n) is 7.22. The fraction of sp³-hybridized carbons (Fsp3) is 0.409. The number of nitrogen functional groups attached to an aromatic ring is 1. The van der Waals surface area contributed by atoms with Crippen LogP contribution in [0, 0.1) is 24.2 Å². The molecule has 1 heterocycles. The van der Waals surface area contributed by atoms with Crippen molar-refractivity contribution in [1.29, 1.82) is 5.26 Å². The molecule has 0 amide bonds. The molecule has 0 spiro atoms. The zero-order valence-electron chi connectivity index (χ0n) is 18.0. The van der Waals surface area contributed by atoms with Crippen LogP contribution >= 0.6 is 0 Å². The first-order chi connectivity index (χ1) is 14.8. The number of rotatable bonds is 9. The molecule has 31 heavy (non-hydrogen) atoms. The third kappa shape index (κ3) is 5.69. The first-order valence-electron chi connectivity index (χ1n) is 10.2. The summed E-state index contributed by atoms with van der Waals surface area (Å²) in [6, 6.07) is 8.04. The van der Waals surface area contributed by atoms with Gasteiger partial charge in [0, 0.05) is 5.56 Å². The number of hydrogen-bond donors (Lipinski definition) is 2. The van der Waals surface area contributed by atoms with E-state index >= 15 is 0 Å². The number of pyridine rings is 1. The SMILES string of the molecule is CCCCC(CC)COC(=O)c1ccc(N=Nc2c(C)c(C#N)c(O)n(N)c2=O)cc1. The molecule has 0 saturated carbocycles. The molecule has 0 saturated heterocycles. The van der Waals surface area contributed by atoms with Gasteiger partial charge in [-0.25, -0.2) is 4.79 Å². The van der Waals surface area contributed by atoms with E-state index < -0.39 is 17.4 Å². The highest BCUT2D eigenvalue weighted by Gasteiger charge is 2.17. The maximum absolute atomic E-state index is 12.3. The molecule has 2 aromatic rings. The number of aromatic hydroxyl groups is 1. The summed E-state index contributed by atoms with van der Waals surface area (Å²) >= 11 is 0. The van der Waals surface area contributed by atoms with Gasteiger partial charge in [-0.2, -0.15) is 15.1 Å². The van der Waals surface area contributed by atoms with Gasteiger partial charge in [0.25, 0.3) is 5.56 Å². The molecule has 0 aliphatic heterocycles. The van der Waals surface area contributed by atoms with Gasteiger partial charge in [-0.3, -0.25) is 4.79 Å². The maximum atomic E-state index is 12.3. The van der Waals surface area contributed by atoms with Crippen LogP contribution in [0.4, 0.5) is 11.4 Å². The van der Waals surface area contributed by atoms with Crippen LogP contribution in [0.2, 0.25) is 0 Å². The zero-order valence-corrected chi connectivity index (χ0v) is 18.0. The number of benzene rings is 1. The van der Waals surface area contributed by atoms with Crippen molar-refractivity contribution < 1.29 is 14.6 Å². The third-order valence-corrected chi connectivity index (χ3v) is 5.08. The van der Waals surface area contributed by atoms with E-state index in [-0.39, 0.29) is 16.8 Å². The standard InChI is InChI=1S/C22H27N5O4/c1-4-6-7-15(5-2)13-31-22(30)16-8-10-17(11-9-16)25-26-19-14(3)18(12-23)20(28)27(24)21(19)29/h8-11,15,28H,4-7,13,24H2,1-3H3. The molecule has 0 fully saturated rings. The van der Waals surface area contributed by atoms with Crippen LogP contribution in [0.1, 0.15) is 61.0 Å². The number of esters is 1. The Labute approximate surface area is 180 Å². The highest BCUT2D eigenvalue weighted by molar-refractivity contribution is 5.89. The van der Waals surface area contributed by atoms with Crippen molar-refractivity contribution in [1.82, 2.24) is 4.68 Å². The van der Waals surface area contributed by atoms with Gasteiger partial charge in [0.2, 0.25) is 5.88 Å². The third-order valence-electron chi connectivity index (χ3n) is 5.08. The lowest BCUT2D eigenvalue weighted by Crippen LogP contribution is -2.28. The summed E-state index contributed by atoms with van der Waals surface area (Å²) in [4.78, 5) is 24.5.